The number of aromatic nitrogens is 3. The maximum Gasteiger partial charge on any atom is 0.234 e. The molecule has 0 saturated heterocycles. The normalized spacial score (nSPS) is 10.7. The van der Waals surface area contributed by atoms with Gasteiger partial charge in [0, 0.05) is 11.4 Å². The molecule has 3 aromatic carbocycles. The van der Waals surface area contributed by atoms with Crippen LogP contribution < -0.4 is 11.2 Å². The summed E-state index contributed by atoms with van der Waals surface area (Å²) in [7, 11) is 0. The van der Waals surface area contributed by atoms with Crippen LogP contribution in [0.4, 0.5) is 5.69 Å². The van der Waals surface area contributed by atoms with Crippen molar-refractivity contribution >= 4 is 45.7 Å². The molecule has 4 aromatic rings. The van der Waals surface area contributed by atoms with Gasteiger partial charge >= 0.3 is 0 Å². The second-order valence-corrected chi connectivity index (χ2v) is 8.10. The number of amides is 1. The molecule has 3 N–H and O–H groups in total. The van der Waals surface area contributed by atoms with Gasteiger partial charge in [0.2, 0.25) is 11.1 Å². The third-order valence-electron chi connectivity index (χ3n) is 4.67. The number of fused-ring (bicyclic) bond motifs is 1. The van der Waals surface area contributed by atoms with Gasteiger partial charge in [-0.2, -0.15) is 5.26 Å². The highest BCUT2D eigenvalue weighted by Crippen LogP contribution is 2.23. The zero-order valence-corrected chi connectivity index (χ0v) is 17.8. The molecule has 1 heterocycles. The van der Waals surface area contributed by atoms with Crippen molar-refractivity contribution < 1.29 is 4.79 Å². The van der Waals surface area contributed by atoms with E-state index >= 15 is 0 Å². The second-order valence-electron chi connectivity index (χ2n) is 6.72. The molecule has 0 saturated carbocycles. The lowest BCUT2D eigenvalue weighted by Crippen LogP contribution is -2.18. The number of nitriles is 1. The molecule has 0 fully saturated rings. The summed E-state index contributed by atoms with van der Waals surface area (Å²) in [5, 5.41) is 23.3. The number of carbonyl (C=O) groups excluding carboxylic acids is 1. The van der Waals surface area contributed by atoms with Crippen molar-refractivity contribution in [2.24, 2.45) is 0 Å². The molecule has 1 aromatic heterocycles. The number of nitrogens with one attached hydrogen (secondary N) is 1. The highest BCUT2D eigenvalue weighted by atomic mass is 35.5. The third kappa shape index (κ3) is 4.63. The largest absolute Gasteiger partial charge is 0.336 e. The summed E-state index contributed by atoms with van der Waals surface area (Å²) >= 11 is 7.12. The molecule has 154 valence electrons. The van der Waals surface area contributed by atoms with Crippen LogP contribution in [0.5, 0.6) is 0 Å². The van der Waals surface area contributed by atoms with Crippen LogP contribution in [0.15, 0.2) is 65.8 Å². The van der Waals surface area contributed by atoms with Crippen LogP contribution in [0, 0.1) is 11.3 Å². The van der Waals surface area contributed by atoms with E-state index in [1.807, 2.05) is 30.3 Å². The topological polar surface area (TPSA) is 110 Å². The van der Waals surface area contributed by atoms with E-state index < -0.39 is 0 Å². The lowest BCUT2D eigenvalue weighted by Gasteiger charge is -2.08. The van der Waals surface area contributed by atoms with Crippen molar-refractivity contribution in [2.75, 3.05) is 16.9 Å². The molecule has 7 nitrogen and oxygen atoms in total. The first-order valence-corrected chi connectivity index (χ1v) is 10.7. The second kappa shape index (κ2) is 9.08. The number of rotatable bonds is 6. The maximum atomic E-state index is 12.3. The molecular weight excluding hydrogens is 432 g/mol. The molecule has 9 heteroatoms. The van der Waals surface area contributed by atoms with Crippen molar-refractivity contribution in [1.29, 1.82) is 5.26 Å². The van der Waals surface area contributed by atoms with Gasteiger partial charge in [-0.3, -0.25) is 4.79 Å². The van der Waals surface area contributed by atoms with E-state index in [0.29, 0.717) is 33.7 Å². The number of nitrogens with zero attached hydrogens (tertiary/aromatic N) is 4. The predicted octanol–water partition coefficient (Wildman–Crippen LogP) is 3.99. The molecule has 0 bridgehead atoms. The van der Waals surface area contributed by atoms with Crippen LogP contribution in [-0.4, -0.2) is 26.5 Å². The Kier molecular flexibility index (Phi) is 6.07. The molecule has 0 aliphatic heterocycles. The standard InChI is InChI=1S/C22H17ClN6OS/c23-17-9-8-16(12-24)19(11-17)26-21(30)13-31-22-28-27-20(29(22)25)10-15-6-3-5-14-4-1-2-7-18(14)15/h1-9,11H,10,13,25H2,(H,26,30). The highest BCUT2D eigenvalue weighted by Gasteiger charge is 2.15. The number of thioether (sulfide) groups is 1. The summed E-state index contributed by atoms with van der Waals surface area (Å²) in [4.78, 5) is 12.3. The Bertz CT molecular complexity index is 1310. The minimum Gasteiger partial charge on any atom is -0.336 e. The van der Waals surface area contributed by atoms with Crippen LogP contribution in [0.1, 0.15) is 17.0 Å². The van der Waals surface area contributed by atoms with Crippen molar-refractivity contribution in [2.45, 2.75) is 11.6 Å². The first kappa shape index (κ1) is 20.7. The number of nitrogen functional groups attached to an aromatic ring is 1. The monoisotopic (exact) mass is 448 g/mol. The van der Waals surface area contributed by atoms with Crippen LogP contribution in [0.2, 0.25) is 5.02 Å². The van der Waals surface area contributed by atoms with Crippen molar-refractivity contribution in [3.05, 3.63) is 82.6 Å². The summed E-state index contributed by atoms with van der Waals surface area (Å²) in [5.41, 5.74) is 1.80. The fourth-order valence-electron chi connectivity index (χ4n) is 3.18. The first-order chi connectivity index (χ1) is 15.0. The number of anilines is 1. The minimum atomic E-state index is -0.303. The SMILES string of the molecule is N#Cc1ccc(Cl)cc1NC(=O)CSc1nnc(Cc2cccc3ccccc23)n1N. The number of nitrogens with two attached hydrogens (primary N) is 1. The van der Waals surface area contributed by atoms with Crippen LogP contribution in [-0.2, 0) is 11.2 Å². The number of hydrogen-bond acceptors (Lipinski definition) is 6. The fourth-order valence-corrected chi connectivity index (χ4v) is 4.02. The maximum absolute atomic E-state index is 12.3. The molecule has 0 atom stereocenters. The summed E-state index contributed by atoms with van der Waals surface area (Å²) in [6.07, 6.45) is 0.519. The van der Waals surface area contributed by atoms with E-state index in [4.69, 9.17) is 22.7 Å². The van der Waals surface area contributed by atoms with Gasteiger partial charge in [-0.25, -0.2) is 4.68 Å². The minimum absolute atomic E-state index is 0.0565. The Labute approximate surface area is 187 Å². The lowest BCUT2D eigenvalue weighted by atomic mass is 10.0. The van der Waals surface area contributed by atoms with E-state index in [-0.39, 0.29) is 11.7 Å². The Hall–Kier alpha value is -3.54. The Morgan fingerprint density at radius 3 is 2.81 bits per heavy atom. The summed E-state index contributed by atoms with van der Waals surface area (Å²) < 4.78 is 1.40. The van der Waals surface area contributed by atoms with E-state index in [2.05, 4.69) is 33.7 Å². The molecule has 0 aliphatic rings. The molecule has 0 spiro atoms. The van der Waals surface area contributed by atoms with E-state index in [1.54, 1.807) is 12.1 Å². The number of benzene rings is 3. The van der Waals surface area contributed by atoms with Gasteiger partial charge in [0.05, 0.1) is 17.0 Å². The van der Waals surface area contributed by atoms with Crippen LogP contribution in [0.3, 0.4) is 0 Å². The van der Waals surface area contributed by atoms with E-state index in [1.165, 1.54) is 10.7 Å². The molecule has 0 radical (unpaired) electrons. The summed E-state index contributed by atoms with van der Waals surface area (Å²) in [6.45, 7) is 0. The molecular formula is C22H17ClN6OS. The number of hydrogen-bond donors (Lipinski definition) is 2. The van der Waals surface area contributed by atoms with Gasteiger partial charge in [0.15, 0.2) is 5.82 Å². The smallest absolute Gasteiger partial charge is 0.234 e. The number of halogens is 1. The van der Waals surface area contributed by atoms with E-state index in [0.717, 1.165) is 28.1 Å². The summed E-state index contributed by atoms with van der Waals surface area (Å²) in [6, 6.07) is 20.9. The van der Waals surface area contributed by atoms with Crippen molar-refractivity contribution in [1.82, 2.24) is 14.9 Å². The van der Waals surface area contributed by atoms with Crippen LogP contribution >= 0.6 is 23.4 Å². The van der Waals surface area contributed by atoms with Gasteiger partial charge in [-0.05, 0) is 34.5 Å². The van der Waals surface area contributed by atoms with Gasteiger partial charge in [0.25, 0.3) is 0 Å². The van der Waals surface area contributed by atoms with E-state index in [9.17, 15) is 4.79 Å². The zero-order chi connectivity index (χ0) is 21.8. The van der Waals surface area contributed by atoms with Crippen molar-refractivity contribution in [3.63, 3.8) is 0 Å². The van der Waals surface area contributed by atoms with Gasteiger partial charge in [-0.1, -0.05) is 65.8 Å². The average Bonchev–Trinajstić information content (AvgIpc) is 3.12. The molecule has 1 amide bonds. The molecule has 31 heavy (non-hydrogen) atoms. The highest BCUT2D eigenvalue weighted by molar-refractivity contribution is 7.99. The number of carbonyl (C=O) groups is 1. The molecule has 0 unspecified atom stereocenters. The van der Waals surface area contributed by atoms with Gasteiger partial charge in [0.1, 0.15) is 6.07 Å². The van der Waals surface area contributed by atoms with Gasteiger partial charge in [-0.15, -0.1) is 10.2 Å². The molecule has 0 aliphatic carbocycles. The average molecular weight is 449 g/mol. The lowest BCUT2D eigenvalue weighted by molar-refractivity contribution is -0.113. The predicted molar refractivity (Wildman–Crippen MR) is 122 cm³/mol. The Morgan fingerprint density at radius 1 is 1.16 bits per heavy atom. The molecule has 4 rings (SSSR count). The third-order valence-corrected chi connectivity index (χ3v) is 5.85. The first-order valence-electron chi connectivity index (χ1n) is 9.33. The van der Waals surface area contributed by atoms with Gasteiger partial charge < -0.3 is 11.2 Å². The quantitative estimate of drug-likeness (QED) is 0.341. The zero-order valence-electron chi connectivity index (χ0n) is 16.2. The van der Waals surface area contributed by atoms with Crippen LogP contribution in [0.25, 0.3) is 10.8 Å². The fraction of sp³-hybridized carbons (Fsp3) is 0.0909. The summed E-state index contributed by atoms with van der Waals surface area (Å²) in [5.74, 6) is 6.53. The van der Waals surface area contributed by atoms with Crippen molar-refractivity contribution in [3.8, 4) is 6.07 Å². The Morgan fingerprint density at radius 2 is 1.97 bits per heavy atom. The Balaban J connectivity index is 1.44.